The molecule has 6 nitrogen and oxygen atoms in total. The second-order valence-corrected chi connectivity index (χ2v) is 8.74. The fourth-order valence-electron chi connectivity index (χ4n) is 5.14. The maximum Gasteiger partial charge on any atom is 0.260 e. The van der Waals surface area contributed by atoms with E-state index in [4.69, 9.17) is 4.74 Å². The minimum Gasteiger partial charge on any atom is -0.484 e. The Balaban J connectivity index is 1.21. The molecule has 2 atom stereocenters. The first-order valence-corrected chi connectivity index (χ1v) is 11.3. The van der Waals surface area contributed by atoms with Crippen molar-refractivity contribution in [2.75, 3.05) is 45.9 Å². The van der Waals surface area contributed by atoms with Crippen LogP contribution in [0.1, 0.15) is 38.5 Å². The lowest BCUT2D eigenvalue weighted by atomic mass is 9.78. The van der Waals surface area contributed by atoms with Gasteiger partial charge in [-0.05, 0) is 55.9 Å². The van der Waals surface area contributed by atoms with E-state index in [1.165, 1.54) is 49.9 Å². The molecule has 0 spiro atoms. The third-order valence-electron chi connectivity index (χ3n) is 6.82. The molecule has 2 saturated heterocycles. The fraction of sp³-hybridized carbons (Fsp3) is 0.652. The van der Waals surface area contributed by atoms with E-state index in [-0.39, 0.29) is 24.2 Å². The first-order chi connectivity index (χ1) is 14.6. The van der Waals surface area contributed by atoms with Crippen molar-refractivity contribution in [3.05, 3.63) is 30.1 Å². The van der Waals surface area contributed by atoms with Gasteiger partial charge in [-0.15, -0.1) is 0 Å². The predicted molar refractivity (Wildman–Crippen MR) is 112 cm³/mol. The second-order valence-electron chi connectivity index (χ2n) is 8.74. The van der Waals surface area contributed by atoms with Gasteiger partial charge in [0, 0.05) is 38.8 Å². The Morgan fingerprint density at radius 1 is 0.900 bits per heavy atom. The van der Waals surface area contributed by atoms with Crippen LogP contribution in [0.5, 0.6) is 5.75 Å². The van der Waals surface area contributed by atoms with Gasteiger partial charge < -0.3 is 14.5 Å². The summed E-state index contributed by atoms with van der Waals surface area (Å²) in [6.45, 7) is 3.92. The largest absolute Gasteiger partial charge is 0.484 e. The summed E-state index contributed by atoms with van der Waals surface area (Å²) in [5.74, 6) is 1.03. The second kappa shape index (κ2) is 9.77. The predicted octanol–water partition coefficient (Wildman–Crippen LogP) is 2.53. The quantitative estimate of drug-likeness (QED) is 0.739. The van der Waals surface area contributed by atoms with Crippen LogP contribution in [-0.4, -0.2) is 78.4 Å². The third kappa shape index (κ3) is 5.12. The average molecular weight is 418 g/mol. The third-order valence-corrected chi connectivity index (χ3v) is 6.82. The van der Waals surface area contributed by atoms with E-state index in [9.17, 15) is 14.0 Å². The molecular formula is C23H32FN3O3. The molecule has 0 radical (unpaired) electrons. The van der Waals surface area contributed by atoms with Gasteiger partial charge in [-0.1, -0.05) is 12.8 Å². The number of likely N-dealkylation sites (tertiary alicyclic amines) is 1. The zero-order valence-electron chi connectivity index (χ0n) is 17.6. The number of hydrogen-bond acceptors (Lipinski definition) is 4. The summed E-state index contributed by atoms with van der Waals surface area (Å²) < 4.78 is 18.4. The van der Waals surface area contributed by atoms with Gasteiger partial charge in [0.05, 0.1) is 6.54 Å². The Morgan fingerprint density at radius 3 is 2.37 bits per heavy atom. The molecule has 7 heteroatoms. The zero-order valence-corrected chi connectivity index (χ0v) is 17.6. The summed E-state index contributed by atoms with van der Waals surface area (Å²) in [5, 5.41) is 0. The lowest BCUT2D eigenvalue weighted by Gasteiger charge is -2.45. The molecule has 2 heterocycles. The fourth-order valence-corrected chi connectivity index (χ4v) is 5.14. The summed E-state index contributed by atoms with van der Waals surface area (Å²) in [5.41, 5.74) is 0. The number of carbonyl (C=O) groups is 2. The Bertz CT molecular complexity index is 732. The SMILES string of the molecule is O=C(COc1ccc(F)cc1)N1CCN(CC(=O)N2CCCC3CCCCC32)CC1. The van der Waals surface area contributed by atoms with Crippen LogP contribution in [0.25, 0.3) is 0 Å². The van der Waals surface area contributed by atoms with Crippen LogP contribution in [0.4, 0.5) is 4.39 Å². The highest BCUT2D eigenvalue weighted by atomic mass is 19.1. The van der Waals surface area contributed by atoms with Crippen LogP contribution in [-0.2, 0) is 9.59 Å². The van der Waals surface area contributed by atoms with Crippen molar-refractivity contribution in [2.45, 2.75) is 44.6 Å². The highest BCUT2D eigenvalue weighted by molar-refractivity contribution is 5.79. The summed E-state index contributed by atoms with van der Waals surface area (Å²) in [6.07, 6.45) is 7.39. The van der Waals surface area contributed by atoms with E-state index in [1.807, 2.05) is 0 Å². The molecule has 0 N–H and O–H groups in total. The van der Waals surface area contributed by atoms with Crippen molar-refractivity contribution in [3.63, 3.8) is 0 Å². The van der Waals surface area contributed by atoms with Gasteiger partial charge in [0.25, 0.3) is 5.91 Å². The molecule has 1 aromatic rings. The topological polar surface area (TPSA) is 53.1 Å². The van der Waals surface area contributed by atoms with Crippen molar-refractivity contribution < 1.29 is 18.7 Å². The van der Waals surface area contributed by atoms with E-state index in [0.29, 0.717) is 50.4 Å². The van der Waals surface area contributed by atoms with E-state index < -0.39 is 0 Å². The first kappa shape index (κ1) is 21.1. The van der Waals surface area contributed by atoms with Crippen LogP contribution >= 0.6 is 0 Å². The van der Waals surface area contributed by atoms with Crippen LogP contribution in [0.3, 0.4) is 0 Å². The molecule has 1 aliphatic carbocycles. The maximum absolute atomic E-state index is 13.0. The van der Waals surface area contributed by atoms with Gasteiger partial charge in [-0.25, -0.2) is 4.39 Å². The Labute approximate surface area is 177 Å². The summed E-state index contributed by atoms with van der Waals surface area (Å²) >= 11 is 0. The van der Waals surface area contributed by atoms with Crippen LogP contribution in [0.2, 0.25) is 0 Å². The van der Waals surface area contributed by atoms with Gasteiger partial charge in [0.1, 0.15) is 11.6 Å². The summed E-state index contributed by atoms with van der Waals surface area (Å²) in [7, 11) is 0. The first-order valence-electron chi connectivity index (χ1n) is 11.3. The normalized spacial score (nSPS) is 25.0. The number of piperidine rings is 1. The lowest BCUT2D eigenvalue weighted by molar-refractivity contribution is -0.140. The van der Waals surface area contributed by atoms with E-state index in [0.717, 1.165) is 19.4 Å². The highest BCUT2D eigenvalue weighted by Crippen LogP contribution is 2.35. The van der Waals surface area contributed by atoms with Crippen LogP contribution < -0.4 is 4.74 Å². The van der Waals surface area contributed by atoms with Gasteiger partial charge in [0.2, 0.25) is 5.91 Å². The molecule has 4 rings (SSSR count). The molecule has 2 amide bonds. The number of rotatable bonds is 5. The number of piperazine rings is 1. The molecule has 164 valence electrons. The van der Waals surface area contributed by atoms with Crippen molar-refractivity contribution in [2.24, 2.45) is 5.92 Å². The Hall–Kier alpha value is -2.15. The molecule has 1 aromatic carbocycles. The standard InChI is InChI=1S/C23H32FN3O3/c24-19-7-9-20(10-8-19)30-17-23(29)26-14-12-25(13-15-26)16-22(28)27-11-3-5-18-4-1-2-6-21(18)27/h7-10,18,21H,1-6,11-17H2. The number of fused-ring (bicyclic) bond motifs is 1. The number of ether oxygens (including phenoxy) is 1. The molecule has 0 aromatic heterocycles. The van der Waals surface area contributed by atoms with Crippen LogP contribution in [0.15, 0.2) is 24.3 Å². The van der Waals surface area contributed by atoms with Gasteiger partial charge in [-0.2, -0.15) is 0 Å². The average Bonchev–Trinajstić information content (AvgIpc) is 2.78. The minimum absolute atomic E-state index is 0.0542. The van der Waals surface area contributed by atoms with Gasteiger partial charge >= 0.3 is 0 Å². The lowest BCUT2D eigenvalue weighted by Crippen LogP contribution is -2.55. The van der Waals surface area contributed by atoms with E-state index in [1.54, 1.807) is 4.90 Å². The van der Waals surface area contributed by atoms with E-state index in [2.05, 4.69) is 9.80 Å². The molecule has 0 bridgehead atoms. The highest BCUT2D eigenvalue weighted by Gasteiger charge is 2.36. The van der Waals surface area contributed by atoms with Crippen molar-refractivity contribution in [3.8, 4) is 5.75 Å². The Kier molecular flexibility index (Phi) is 6.87. The van der Waals surface area contributed by atoms with Crippen molar-refractivity contribution in [1.82, 2.24) is 14.7 Å². The number of hydrogen-bond donors (Lipinski definition) is 0. The molecule has 3 fully saturated rings. The van der Waals surface area contributed by atoms with E-state index >= 15 is 0 Å². The van der Waals surface area contributed by atoms with Gasteiger partial charge in [-0.3, -0.25) is 14.5 Å². The smallest absolute Gasteiger partial charge is 0.260 e. The number of halogens is 1. The minimum atomic E-state index is -0.331. The number of amides is 2. The molecule has 30 heavy (non-hydrogen) atoms. The number of benzene rings is 1. The monoisotopic (exact) mass is 417 g/mol. The Morgan fingerprint density at radius 2 is 1.60 bits per heavy atom. The molecule has 2 aliphatic heterocycles. The number of nitrogens with zero attached hydrogens (tertiary/aromatic N) is 3. The summed E-state index contributed by atoms with van der Waals surface area (Å²) in [4.78, 5) is 31.5. The molecule has 1 saturated carbocycles. The number of carbonyl (C=O) groups excluding carboxylic acids is 2. The maximum atomic E-state index is 13.0. The molecular weight excluding hydrogens is 385 g/mol. The van der Waals surface area contributed by atoms with Crippen molar-refractivity contribution in [1.29, 1.82) is 0 Å². The van der Waals surface area contributed by atoms with Crippen molar-refractivity contribution >= 4 is 11.8 Å². The zero-order chi connectivity index (χ0) is 20.9. The summed E-state index contributed by atoms with van der Waals surface area (Å²) in [6, 6.07) is 6.11. The molecule has 2 unspecified atom stereocenters. The van der Waals surface area contributed by atoms with Crippen LogP contribution in [0, 0.1) is 11.7 Å². The van der Waals surface area contributed by atoms with Gasteiger partial charge in [0.15, 0.2) is 6.61 Å². The molecule has 3 aliphatic rings.